The van der Waals surface area contributed by atoms with Crippen molar-refractivity contribution in [3.63, 3.8) is 0 Å². The molecule has 0 saturated heterocycles. The summed E-state index contributed by atoms with van der Waals surface area (Å²) < 4.78 is 101. The Morgan fingerprint density at radius 1 is 0.624 bits per heavy atom. The lowest BCUT2D eigenvalue weighted by molar-refractivity contribution is -0.127. The van der Waals surface area contributed by atoms with Crippen LogP contribution < -0.4 is 38.4 Å². The van der Waals surface area contributed by atoms with Gasteiger partial charge in [-0.15, -0.1) is 0 Å². The number of fused-ring (bicyclic) bond motifs is 8. The second-order valence-electron chi connectivity index (χ2n) is 18.9. The highest BCUT2D eigenvalue weighted by Crippen LogP contribution is 2.48. The van der Waals surface area contributed by atoms with Crippen LogP contribution in [0, 0.1) is 0 Å². The molecular weight excluding hydrogens is 1190 g/mol. The number of alkyl halides is 1. The third kappa shape index (κ3) is 15.9. The SMILES string of the molecule is COc1cc2c(cc1C(=O)NCCO)C1Cc3ccc(OC)c(OS(=O)(=O)c4ccccc4)c3CN1CC2.COc1cc2c(cc1C(=O)O)C1Cc3ccc(OC)c(OS(=O)(=O)c4ccccc4)c3CN1CC2.NCCO.O=C(Cl)C(=O)Cl.[2H]CF. The molecule has 4 aliphatic heterocycles. The average molecular weight is 1260 g/mol. The highest BCUT2D eigenvalue weighted by Gasteiger charge is 2.39. The molecule has 0 aromatic heterocycles. The monoisotopic (exact) mass is 1260 g/mol. The number of aliphatic hydroxyl groups is 2. The maximum atomic E-state index is 13.1. The van der Waals surface area contributed by atoms with Gasteiger partial charge in [0.25, 0.3) is 5.91 Å². The van der Waals surface area contributed by atoms with Crippen LogP contribution in [0.2, 0.25) is 0 Å². The van der Waals surface area contributed by atoms with Gasteiger partial charge in [-0.1, -0.05) is 48.5 Å². The second-order valence-corrected chi connectivity index (χ2v) is 22.7. The van der Waals surface area contributed by atoms with Crippen molar-refractivity contribution in [3.8, 4) is 34.5 Å². The Hall–Kier alpha value is -7.39. The first-order valence-corrected chi connectivity index (χ1v) is 29.7. The summed E-state index contributed by atoms with van der Waals surface area (Å²) in [6, 6.07) is 30.6. The molecule has 6 aromatic carbocycles. The van der Waals surface area contributed by atoms with E-state index in [1.165, 1.54) is 52.7 Å². The fraction of sp³-hybridized carbons (Fsp3) is 0.322. The van der Waals surface area contributed by atoms with Gasteiger partial charge in [0.1, 0.15) is 26.9 Å². The number of aliphatic hydroxyl groups excluding tert-OH is 2. The minimum atomic E-state index is -4.06. The number of hydrogen-bond donors (Lipinski definition) is 5. The predicted octanol–water partition coefficient (Wildman–Crippen LogP) is 6.71. The molecule has 0 aliphatic carbocycles. The van der Waals surface area contributed by atoms with Gasteiger partial charge in [0, 0.05) is 62.5 Å². The molecule has 6 aromatic rings. The van der Waals surface area contributed by atoms with Crippen molar-refractivity contribution < 1.29 is 84.4 Å². The summed E-state index contributed by atoms with van der Waals surface area (Å²) in [5.41, 5.74) is 12.9. The molecule has 0 fully saturated rings. The van der Waals surface area contributed by atoms with E-state index in [2.05, 4.69) is 38.3 Å². The number of rotatable bonds is 16. The number of nitrogens with zero attached hydrogens (tertiary/aromatic N) is 2. The molecule has 2 unspecified atom stereocenters. The number of carboxylic acids is 1. The molecule has 85 heavy (non-hydrogen) atoms. The van der Waals surface area contributed by atoms with Gasteiger partial charge in [0.05, 0.1) is 55.7 Å². The first-order valence-electron chi connectivity index (χ1n) is 26.8. The number of nitrogens with two attached hydrogens (primary N) is 1. The highest BCUT2D eigenvalue weighted by molar-refractivity contribution is 7.87. The highest BCUT2D eigenvalue weighted by atomic mass is 35.5. The molecule has 0 bridgehead atoms. The van der Waals surface area contributed by atoms with Crippen molar-refractivity contribution in [1.29, 1.82) is 0 Å². The van der Waals surface area contributed by atoms with Crippen LogP contribution in [0.5, 0.6) is 34.5 Å². The van der Waals surface area contributed by atoms with E-state index in [1.54, 1.807) is 54.6 Å². The maximum absolute atomic E-state index is 13.1. The Kier molecular flexibility index (Phi) is 23.5. The Balaban J connectivity index is 0.000000229. The lowest BCUT2D eigenvalue weighted by Crippen LogP contribution is -2.40. The minimum absolute atomic E-state index is 0.00600. The Morgan fingerprint density at radius 2 is 1.01 bits per heavy atom. The van der Waals surface area contributed by atoms with Gasteiger partial charge in [-0.2, -0.15) is 16.8 Å². The van der Waals surface area contributed by atoms with Crippen molar-refractivity contribution in [1.82, 2.24) is 15.1 Å². The summed E-state index contributed by atoms with van der Waals surface area (Å²) in [4.78, 5) is 48.1. The molecule has 6 N–H and O–H groups in total. The average Bonchev–Trinajstić information content (AvgIpc) is 0.970. The number of carbonyl (C=O) groups is 4. The first kappa shape index (κ1) is 65.2. The minimum Gasteiger partial charge on any atom is -0.496 e. The van der Waals surface area contributed by atoms with Crippen LogP contribution >= 0.6 is 23.2 Å². The molecule has 4 aliphatic rings. The normalized spacial score (nSPS) is 15.5. The van der Waals surface area contributed by atoms with Crippen molar-refractivity contribution in [3.05, 3.63) is 165 Å². The van der Waals surface area contributed by atoms with Crippen LogP contribution in [0.4, 0.5) is 4.39 Å². The van der Waals surface area contributed by atoms with Gasteiger partial charge >= 0.3 is 36.7 Å². The zero-order valence-corrected chi connectivity index (χ0v) is 49.9. The number of halogens is 3. The van der Waals surface area contributed by atoms with Crippen LogP contribution in [0.3, 0.4) is 0 Å². The zero-order chi connectivity index (χ0) is 62.9. The Labute approximate surface area is 503 Å². The van der Waals surface area contributed by atoms with E-state index in [4.69, 9.17) is 44.6 Å². The molecule has 4 heterocycles. The van der Waals surface area contributed by atoms with E-state index in [0.717, 1.165) is 70.4 Å². The molecular formula is C59H65Cl2FN4O17S2. The number of methoxy groups -OCH3 is 4. The summed E-state index contributed by atoms with van der Waals surface area (Å²) in [5, 5.41) is 27.0. The summed E-state index contributed by atoms with van der Waals surface area (Å²) in [6.45, 7) is 2.87. The molecule has 26 heteroatoms. The predicted molar refractivity (Wildman–Crippen MR) is 313 cm³/mol. The second kappa shape index (κ2) is 30.6. The lowest BCUT2D eigenvalue weighted by atomic mass is 9.82. The molecule has 1 amide bonds. The molecule has 0 radical (unpaired) electrons. The fourth-order valence-electron chi connectivity index (χ4n) is 10.2. The van der Waals surface area contributed by atoms with Crippen LogP contribution in [0.15, 0.2) is 119 Å². The van der Waals surface area contributed by atoms with Crippen molar-refractivity contribution in [2.24, 2.45) is 5.73 Å². The summed E-state index contributed by atoms with van der Waals surface area (Å²) in [6.07, 6.45) is 2.66. The number of amides is 1. The van der Waals surface area contributed by atoms with E-state index < -0.39 is 43.8 Å². The van der Waals surface area contributed by atoms with E-state index in [0.29, 0.717) is 61.0 Å². The molecule has 2 atom stereocenters. The number of nitrogens with one attached hydrogen (secondary N) is 1. The molecule has 0 spiro atoms. The summed E-state index contributed by atoms with van der Waals surface area (Å²) >= 11 is 8.98. The zero-order valence-electron chi connectivity index (χ0n) is 47.7. The van der Waals surface area contributed by atoms with Crippen LogP contribution in [-0.2, 0) is 68.6 Å². The number of hydrogen-bond acceptors (Lipinski definition) is 19. The standard InChI is InChI=1S/C28H30N2O7S.C26H25NO7S.C2Cl2O2.C2H7NO.CH3F/c1-35-25-9-8-18-14-24-21-16-22(28(32)29-11-13-31)26(36-2)15-19(21)10-12-30(24)17-23(18)27(25)37-38(33,34)20-6-4-3-5-7-20;1-32-23-9-8-16-12-22-19-14-20(26(28)29)24(33-2)13-17(19)10-11-27(22)15-21(16)25(23)34-35(30,31)18-6-4-3-5-7-18;3-1(5)2(4)6;3-1-2-4;1-2/h3-9,15-16,24,31H,10-14,17H2,1-2H3,(H,29,32);3-9,13-14,22H,10-12,15H2,1-2H3,(H,28,29);;4H,1-3H2;1H3/i;;;;1D. The van der Waals surface area contributed by atoms with Crippen molar-refractivity contribution >= 4 is 65.8 Å². The Bertz CT molecular complexity index is 3600. The lowest BCUT2D eigenvalue weighted by Gasteiger charge is -2.42. The van der Waals surface area contributed by atoms with Gasteiger partial charge in [-0.25, -0.2) is 4.79 Å². The first-order chi connectivity index (χ1) is 41.1. The number of ether oxygens (including phenoxy) is 4. The van der Waals surface area contributed by atoms with Crippen molar-refractivity contribution in [2.45, 2.75) is 60.6 Å². The fourth-order valence-corrected chi connectivity index (χ4v) is 12.2. The van der Waals surface area contributed by atoms with Gasteiger partial charge < -0.3 is 53.7 Å². The van der Waals surface area contributed by atoms with Crippen LogP contribution in [-0.4, -0.2) is 139 Å². The largest absolute Gasteiger partial charge is 0.496 e. The summed E-state index contributed by atoms with van der Waals surface area (Å²) in [5.74, 6) is 0.602. The molecule has 21 nitrogen and oxygen atoms in total. The van der Waals surface area contributed by atoms with E-state index >= 15 is 0 Å². The number of carbonyl (C=O) groups excluding carboxylic acids is 3. The summed E-state index contributed by atoms with van der Waals surface area (Å²) in [7, 11) is -3.14. The smallest absolute Gasteiger partial charge is 0.339 e. The van der Waals surface area contributed by atoms with Crippen LogP contribution in [0.1, 0.15) is 78.7 Å². The molecule has 10 rings (SSSR count). The van der Waals surface area contributed by atoms with Crippen molar-refractivity contribution in [2.75, 3.05) is 75.0 Å². The van der Waals surface area contributed by atoms with E-state index in [9.17, 15) is 45.5 Å². The number of benzene rings is 6. The molecule has 456 valence electrons. The van der Waals surface area contributed by atoms with Crippen LogP contribution in [0.25, 0.3) is 0 Å². The third-order valence-electron chi connectivity index (χ3n) is 14.1. The molecule has 0 saturated carbocycles. The van der Waals surface area contributed by atoms with Gasteiger partial charge in [0.15, 0.2) is 23.0 Å². The third-order valence-corrected chi connectivity index (χ3v) is 17.0. The number of carboxylic acid groups (broad SMARTS) is 1. The van der Waals surface area contributed by atoms with E-state index in [1.807, 2.05) is 30.3 Å². The topological polar surface area (TPSA) is 297 Å². The van der Waals surface area contributed by atoms with Gasteiger partial charge in [-0.3, -0.25) is 28.6 Å². The quantitative estimate of drug-likeness (QED) is 0.0382. The van der Waals surface area contributed by atoms with Gasteiger partial charge in [0.2, 0.25) is 0 Å². The Morgan fingerprint density at radius 3 is 1.36 bits per heavy atom. The van der Waals surface area contributed by atoms with Gasteiger partial charge in [-0.05, 0) is 143 Å². The number of aromatic carboxylic acids is 1. The van der Waals surface area contributed by atoms with E-state index in [-0.39, 0.29) is 64.6 Å². The maximum Gasteiger partial charge on any atom is 0.339 e.